The SMILES string of the molecule is CCOc1ccc(N2N=C(CN)CC2c2ccc(OC)cc2)cc1. The molecule has 0 bridgehead atoms. The second kappa shape index (κ2) is 7.36. The molecule has 0 aromatic heterocycles. The highest BCUT2D eigenvalue weighted by molar-refractivity contribution is 5.90. The van der Waals surface area contributed by atoms with Crippen molar-refractivity contribution in [1.29, 1.82) is 0 Å². The van der Waals surface area contributed by atoms with Gasteiger partial charge in [0.05, 0.1) is 31.2 Å². The second-order valence-corrected chi connectivity index (χ2v) is 5.63. The molecule has 5 heteroatoms. The van der Waals surface area contributed by atoms with Gasteiger partial charge in [-0.05, 0) is 48.9 Å². The van der Waals surface area contributed by atoms with E-state index in [0.717, 1.165) is 29.3 Å². The molecule has 126 valence electrons. The normalized spacial score (nSPS) is 16.9. The van der Waals surface area contributed by atoms with Crippen LogP contribution >= 0.6 is 0 Å². The molecule has 2 aromatic rings. The number of hydrogen-bond donors (Lipinski definition) is 1. The zero-order valence-corrected chi connectivity index (χ0v) is 14.1. The van der Waals surface area contributed by atoms with E-state index in [2.05, 4.69) is 12.1 Å². The summed E-state index contributed by atoms with van der Waals surface area (Å²) in [7, 11) is 1.67. The van der Waals surface area contributed by atoms with Crippen LogP contribution in [0.2, 0.25) is 0 Å². The molecule has 5 nitrogen and oxygen atoms in total. The first-order chi connectivity index (χ1) is 11.7. The second-order valence-electron chi connectivity index (χ2n) is 5.63. The molecular formula is C19H23N3O2. The number of methoxy groups -OCH3 is 1. The lowest BCUT2D eigenvalue weighted by molar-refractivity contribution is 0.340. The van der Waals surface area contributed by atoms with Crippen LogP contribution in [-0.2, 0) is 0 Å². The van der Waals surface area contributed by atoms with E-state index in [-0.39, 0.29) is 6.04 Å². The fourth-order valence-corrected chi connectivity index (χ4v) is 2.88. The van der Waals surface area contributed by atoms with E-state index in [4.69, 9.17) is 20.3 Å². The molecule has 3 rings (SSSR count). The average Bonchev–Trinajstić information content (AvgIpc) is 3.07. The van der Waals surface area contributed by atoms with Gasteiger partial charge < -0.3 is 15.2 Å². The monoisotopic (exact) mass is 325 g/mol. The van der Waals surface area contributed by atoms with Gasteiger partial charge in [0.15, 0.2) is 0 Å². The van der Waals surface area contributed by atoms with Gasteiger partial charge in [-0.15, -0.1) is 0 Å². The summed E-state index contributed by atoms with van der Waals surface area (Å²) in [5.74, 6) is 1.72. The average molecular weight is 325 g/mol. The van der Waals surface area contributed by atoms with Gasteiger partial charge >= 0.3 is 0 Å². The van der Waals surface area contributed by atoms with Crippen LogP contribution in [0.4, 0.5) is 5.69 Å². The van der Waals surface area contributed by atoms with Gasteiger partial charge in [0.25, 0.3) is 0 Å². The first-order valence-corrected chi connectivity index (χ1v) is 8.17. The highest BCUT2D eigenvalue weighted by Gasteiger charge is 2.28. The molecule has 1 unspecified atom stereocenters. The first-order valence-electron chi connectivity index (χ1n) is 8.17. The molecule has 0 fully saturated rings. The number of anilines is 1. The van der Waals surface area contributed by atoms with Crippen LogP contribution in [0, 0.1) is 0 Å². The molecule has 0 amide bonds. The molecular weight excluding hydrogens is 302 g/mol. The van der Waals surface area contributed by atoms with E-state index < -0.39 is 0 Å². The van der Waals surface area contributed by atoms with Crippen LogP contribution < -0.4 is 20.2 Å². The van der Waals surface area contributed by atoms with Crippen LogP contribution in [0.1, 0.15) is 24.9 Å². The Morgan fingerprint density at radius 1 is 1.08 bits per heavy atom. The number of ether oxygens (including phenoxy) is 2. The summed E-state index contributed by atoms with van der Waals surface area (Å²) in [6.45, 7) is 3.11. The highest BCUT2D eigenvalue weighted by atomic mass is 16.5. The minimum Gasteiger partial charge on any atom is -0.497 e. The maximum absolute atomic E-state index is 5.83. The third-order valence-electron chi connectivity index (χ3n) is 4.12. The smallest absolute Gasteiger partial charge is 0.119 e. The van der Waals surface area contributed by atoms with Crippen molar-refractivity contribution in [2.75, 3.05) is 25.3 Å². The standard InChI is InChI=1S/C19H23N3O2/c1-3-24-18-10-6-16(7-11-18)22-19(12-15(13-20)21-22)14-4-8-17(23-2)9-5-14/h4-11,19H,3,12-13,20H2,1-2H3. The van der Waals surface area contributed by atoms with Gasteiger partial charge in [-0.2, -0.15) is 5.10 Å². The molecule has 24 heavy (non-hydrogen) atoms. The van der Waals surface area contributed by atoms with Crippen LogP contribution in [-0.4, -0.2) is 26.0 Å². The Morgan fingerprint density at radius 2 is 1.75 bits per heavy atom. The minimum atomic E-state index is 0.146. The number of nitrogens with zero attached hydrogens (tertiary/aromatic N) is 2. The summed E-state index contributed by atoms with van der Waals surface area (Å²) in [4.78, 5) is 0. The van der Waals surface area contributed by atoms with Crippen molar-refractivity contribution in [2.45, 2.75) is 19.4 Å². The molecule has 1 atom stereocenters. The van der Waals surface area contributed by atoms with Crippen molar-refractivity contribution in [2.24, 2.45) is 10.8 Å². The molecule has 2 N–H and O–H groups in total. The van der Waals surface area contributed by atoms with E-state index >= 15 is 0 Å². The molecule has 0 aliphatic carbocycles. The fraction of sp³-hybridized carbons (Fsp3) is 0.316. The number of nitrogens with two attached hydrogens (primary N) is 1. The topological polar surface area (TPSA) is 60.1 Å². The highest BCUT2D eigenvalue weighted by Crippen LogP contribution is 2.36. The molecule has 1 heterocycles. The summed E-state index contributed by atoms with van der Waals surface area (Å²) in [6.07, 6.45) is 0.829. The third-order valence-corrected chi connectivity index (χ3v) is 4.12. The first kappa shape index (κ1) is 16.3. The summed E-state index contributed by atoms with van der Waals surface area (Å²) in [5, 5.41) is 6.75. The lowest BCUT2D eigenvalue weighted by Crippen LogP contribution is -2.18. The molecule has 1 aliphatic rings. The van der Waals surface area contributed by atoms with Crippen molar-refractivity contribution < 1.29 is 9.47 Å². The Morgan fingerprint density at radius 3 is 2.33 bits per heavy atom. The predicted molar refractivity (Wildman–Crippen MR) is 96.9 cm³/mol. The Bertz CT molecular complexity index is 696. The van der Waals surface area contributed by atoms with Crippen molar-refractivity contribution in [3.8, 4) is 11.5 Å². The Balaban J connectivity index is 1.87. The van der Waals surface area contributed by atoms with E-state index in [0.29, 0.717) is 13.2 Å². The van der Waals surface area contributed by atoms with Crippen LogP contribution in [0.25, 0.3) is 0 Å². The molecule has 0 saturated carbocycles. The minimum absolute atomic E-state index is 0.146. The number of hydrogen-bond acceptors (Lipinski definition) is 5. The van der Waals surface area contributed by atoms with Crippen molar-refractivity contribution in [3.63, 3.8) is 0 Å². The quantitative estimate of drug-likeness (QED) is 0.885. The zero-order valence-electron chi connectivity index (χ0n) is 14.1. The molecule has 2 aromatic carbocycles. The van der Waals surface area contributed by atoms with Gasteiger partial charge in [0, 0.05) is 13.0 Å². The maximum Gasteiger partial charge on any atom is 0.119 e. The zero-order chi connectivity index (χ0) is 16.9. The predicted octanol–water partition coefficient (Wildman–Crippen LogP) is 3.36. The summed E-state index contributed by atoms with van der Waals surface area (Å²) in [5.41, 5.74) is 9.05. The van der Waals surface area contributed by atoms with Crippen LogP contribution in [0.3, 0.4) is 0 Å². The van der Waals surface area contributed by atoms with Gasteiger partial charge in [-0.25, -0.2) is 0 Å². The number of benzene rings is 2. The maximum atomic E-state index is 5.83. The molecule has 0 saturated heterocycles. The Labute approximate surface area is 142 Å². The lowest BCUT2D eigenvalue weighted by atomic mass is 10.0. The number of rotatable bonds is 6. The van der Waals surface area contributed by atoms with E-state index in [1.807, 2.05) is 48.3 Å². The summed E-state index contributed by atoms with van der Waals surface area (Å²) in [6, 6.07) is 16.3. The van der Waals surface area contributed by atoms with Crippen LogP contribution in [0.15, 0.2) is 53.6 Å². The largest absolute Gasteiger partial charge is 0.497 e. The molecule has 0 spiro atoms. The number of hydrazone groups is 1. The Kier molecular flexibility index (Phi) is 5.01. The van der Waals surface area contributed by atoms with Crippen molar-refractivity contribution in [3.05, 3.63) is 54.1 Å². The van der Waals surface area contributed by atoms with Crippen molar-refractivity contribution >= 4 is 11.4 Å². The molecule has 0 radical (unpaired) electrons. The third kappa shape index (κ3) is 3.36. The van der Waals surface area contributed by atoms with Crippen molar-refractivity contribution in [1.82, 2.24) is 0 Å². The van der Waals surface area contributed by atoms with Gasteiger partial charge in [-0.1, -0.05) is 12.1 Å². The van der Waals surface area contributed by atoms with Gasteiger partial charge in [0.1, 0.15) is 11.5 Å². The van der Waals surface area contributed by atoms with Gasteiger partial charge in [0.2, 0.25) is 0 Å². The lowest BCUT2D eigenvalue weighted by Gasteiger charge is -2.24. The Hall–Kier alpha value is -2.53. The van der Waals surface area contributed by atoms with E-state index in [9.17, 15) is 0 Å². The van der Waals surface area contributed by atoms with E-state index in [1.165, 1.54) is 5.56 Å². The van der Waals surface area contributed by atoms with Gasteiger partial charge in [-0.3, -0.25) is 5.01 Å². The van der Waals surface area contributed by atoms with E-state index in [1.54, 1.807) is 7.11 Å². The van der Waals surface area contributed by atoms with Crippen LogP contribution in [0.5, 0.6) is 11.5 Å². The fourth-order valence-electron chi connectivity index (χ4n) is 2.88. The molecule has 1 aliphatic heterocycles. The summed E-state index contributed by atoms with van der Waals surface area (Å²) >= 11 is 0. The summed E-state index contributed by atoms with van der Waals surface area (Å²) < 4.78 is 10.8.